The van der Waals surface area contributed by atoms with Crippen molar-refractivity contribution in [2.24, 2.45) is 0 Å². The summed E-state index contributed by atoms with van der Waals surface area (Å²) < 4.78 is 56.5. The summed E-state index contributed by atoms with van der Waals surface area (Å²) in [5.41, 5.74) is -0.718. The number of aromatic carboxylic acids is 1. The van der Waals surface area contributed by atoms with Crippen LogP contribution in [0.5, 0.6) is 5.75 Å². The number of phenolic OH excluding ortho intramolecular Hbond substituents is 1. The second kappa shape index (κ2) is 8.97. The fourth-order valence-corrected chi connectivity index (χ4v) is 4.87. The van der Waals surface area contributed by atoms with Crippen LogP contribution in [0.25, 0.3) is 11.1 Å². The van der Waals surface area contributed by atoms with Gasteiger partial charge < -0.3 is 10.2 Å². The van der Waals surface area contributed by atoms with Crippen molar-refractivity contribution in [3.63, 3.8) is 0 Å². The minimum Gasteiger partial charge on any atom is -0.505 e. The highest BCUT2D eigenvalue weighted by molar-refractivity contribution is 7.93. The smallest absolute Gasteiger partial charge is 0.335 e. The summed E-state index contributed by atoms with van der Waals surface area (Å²) in [6, 6.07) is 11.2. The Morgan fingerprint density at radius 3 is 2.34 bits per heavy atom. The third kappa shape index (κ3) is 4.30. The second-order valence-electron chi connectivity index (χ2n) is 6.58. The maximum absolute atomic E-state index is 14.8. The van der Waals surface area contributed by atoms with Gasteiger partial charge in [0.1, 0.15) is 16.5 Å². The molecular weight excluding hydrogens is 464 g/mol. The number of carboxylic acid groups (broad SMARTS) is 1. The van der Waals surface area contributed by atoms with Gasteiger partial charge in [-0.2, -0.15) is 0 Å². The molecule has 0 heterocycles. The Labute approximate surface area is 187 Å². The van der Waals surface area contributed by atoms with E-state index in [0.29, 0.717) is 22.0 Å². The maximum atomic E-state index is 14.8. The van der Waals surface area contributed by atoms with Crippen LogP contribution in [0.3, 0.4) is 0 Å². The number of aromatic hydroxyl groups is 1. The molecule has 32 heavy (non-hydrogen) atoms. The fourth-order valence-electron chi connectivity index (χ4n) is 3.02. The predicted molar refractivity (Wildman–Crippen MR) is 117 cm³/mol. The Kier molecular flexibility index (Phi) is 6.52. The van der Waals surface area contributed by atoms with E-state index in [4.69, 9.17) is 11.6 Å². The van der Waals surface area contributed by atoms with Gasteiger partial charge in [0.05, 0.1) is 22.8 Å². The standard InChI is InChI=1S/C22H16ClF2NO5S/c1-2-8-26(32(30,31)20-10-14(22(28)29)9-16(23)21(20)27)19-11-15(17(24)12-18(19)25)13-6-4-3-5-7-13/h2-7,9-12,27H,1,8H2,(H,28,29). The van der Waals surface area contributed by atoms with E-state index in [1.165, 1.54) is 0 Å². The number of hydrogen-bond donors (Lipinski definition) is 2. The van der Waals surface area contributed by atoms with Gasteiger partial charge in [0.2, 0.25) is 0 Å². The first-order valence-corrected chi connectivity index (χ1v) is 10.8. The summed E-state index contributed by atoms with van der Waals surface area (Å²) in [5, 5.41) is 18.9. The number of carbonyl (C=O) groups is 1. The summed E-state index contributed by atoms with van der Waals surface area (Å²) in [6.07, 6.45) is 1.15. The van der Waals surface area contributed by atoms with E-state index in [-0.39, 0.29) is 5.56 Å². The van der Waals surface area contributed by atoms with Gasteiger partial charge in [-0.3, -0.25) is 4.31 Å². The van der Waals surface area contributed by atoms with Crippen LogP contribution in [0, 0.1) is 11.6 Å². The molecule has 0 saturated carbocycles. The number of nitrogens with zero attached hydrogens (tertiary/aromatic N) is 1. The molecule has 3 aromatic rings. The van der Waals surface area contributed by atoms with E-state index in [9.17, 15) is 32.2 Å². The van der Waals surface area contributed by atoms with E-state index in [2.05, 4.69) is 6.58 Å². The fraction of sp³-hybridized carbons (Fsp3) is 0.0455. The van der Waals surface area contributed by atoms with Crippen LogP contribution in [0.1, 0.15) is 10.4 Å². The minimum atomic E-state index is -4.76. The van der Waals surface area contributed by atoms with Crippen molar-refractivity contribution in [1.82, 2.24) is 0 Å². The summed E-state index contributed by atoms with van der Waals surface area (Å²) in [4.78, 5) is 10.5. The Hall–Kier alpha value is -3.43. The van der Waals surface area contributed by atoms with Crippen LogP contribution in [0.15, 0.2) is 72.1 Å². The number of rotatable bonds is 7. The molecule has 2 N–H and O–H groups in total. The van der Waals surface area contributed by atoms with Crippen LogP contribution in [-0.4, -0.2) is 31.1 Å². The quantitative estimate of drug-likeness (QED) is 0.461. The number of hydrogen-bond acceptors (Lipinski definition) is 4. The molecule has 0 fully saturated rings. The van der Waals surface area contributed by atoms with Gasteiger partial charge in [-0.15, -0.1) is 6.58 Å². The lowest BCUT2D eigenvalue weighted by atomic mass is 10.0. The monoisotopic (exact) mass is 479 g/mol. The maximum Gasteiger partial charge on any atom is 0.335 e. The molecule has 0 radical (unpaired) electrons. The Morgan fingerprint density at radius 1 is 1.09 bits per heavy atom. The average Bonchev–Trinajstić information content (AvgIpc) is 2.74. The van der Waals surface area contributed by atoms with Gasteiger partial charge in [-0.25, -0.2) is 22.0 Å². The van der Waals surface area contributed by atoms with Crippen LogP contribution in [0.4, 0.5) is 14.5 Å². The first kappa shape index (κ1) is 23.2. The van der Waals surface area contributed by atoms with E-state index >= 15 is 0 Å². The number of anilines is 1. The van der Waals surface area contributed by atoms with Crippen molar-refractivity contribution in [1.29, 1.82) is 0 Å². The molecule has 6 nitrogen and oxygen atoms in total. The molecule has 166 valence electrons. The van der Waals surface area contributed by atoms with Crippen molar-refractivity contribution >= 4 is 33.3 Å². The highest BCUT2D eigenvalue weighted by atomic mass is 35.5. The topological polar surface area (TPSA) is 94.9 Å². The highest BCUT2D eigenvalue weighted by Crippen LogP contribution is 2.38. The predicted octanol–water partition coefficient (Wildman–Crippen LogP) is 5.07. The molecule has 0 spiro atoms. The number of sulfonamides is 1. The molecule has 3 aromatic carbocycles. The molecule has 10 heteroatoms. The Morgan fingerprint density at radius 2 is 1.75 bits per heavy atom. The third-order valence-electron chi connectivity index (χ3n) is 4.53. The van der Waals surface area contributed by atoms with Gasteiger partial charge in [-0.05, 0) is 23.8 Å². The SMILES string of the molecule is C=CCN(c1cc(-c2ccccc2)c(F)cc1F)S(=O)(=O)c1cc(C(=O)O)cc(Cl)c1O. The Balaban J connectivity index is 2.26. The molecule has 0 aromatic heterocycles. The normalized spacial score (nSPS) is 11.2. The number of halogens is 3. The van der Waals surface area contributed by atoms with Crippen LogP contribution >= 0.6 is 11.6 Å². The average molecular weight is 480 g/mol. The Bertz CT molecular complexity index is 1310. The molecule has 0 saturated heterocycles. The van der Waals surface area contributed by atoms with Crippen LogP contribution in [0.2, 0.25) is 5.02 Å². The zero-order chi connectivity index (χ0) is 23.6. The van der Waals surface area contributed by atoms with E-state index in [1.54, 1.807) is 30.3 Å². The van der Waals surface area contributed by atoms with Gasteiger partial charge in [0.25, 0.3) is 10.0 Å². The number of benzene rings is 3. The molecule has 0 aliphatic carbocycles. The molecule has 0 aliphatic heterocycles. The van der Waals surface area contributed by atoms with Gasteiger partial charge >= 0.3 is 5.97 Å². The summed E-state index contributed by atoms with van der Waals surface area (Å²) in [6.45, 7) is 3.00. The molecule has 3 rings (SSSR count). The molecular formula is C22H16ClF2NO5S. The van der Waals surface area contributed by atoms with Gasteiger partial charge in [0, 0.05) is 11.6 Å². The molecule has 0 atom stereocenters. The van der Waals surface area contributed by atoms with Gasteiger partial charge in [-0.1, -0.05) is 48.0 Å². The number of phenols is 1. The molecule has 0 aliphatic rings. The largest absolute Gasteiger partial charge is 0.505 e. The highest BCUT2D eigenvalue weighted by Gasteiger charge is 2.32. The first-order chi connectivity index (χ1) is 15.1. The zero-order valence-electron chi connectivity index (χ0n) is 16.3. The second-order valence-corrected chi connectivity index (χ2v) is 8.82. The van der Waals surface area contributed by atoms with Gasteiger partial charge in [0.15, 0.2) is 5.75 Å². The van der Waals surface area contributed by atoms with Crippen molar-refractivity contribution in [2.45, 2.75) is 4.90 Å². The third-order valence-corrected chi connectivity index (χ3v) is 6.61. The first-order valence-electron chi connectivity index (χ1n) is 9.01. The van der Waals surface area contributed by atoms with Crippen LogP contribution in [-0.2, 0) is 10.0 Å². The summed E-state index contributed by atoms with van der Waals surface area (Å²) in [7, 11) is -4.76. The van der Waals surface area contributed by atoms with E-state index in [0.717, 1.165) is 18.2 Å². The lowest BCUT2D eigenvalue weighted by molar-refractivity contribution is 0.0696. The van der Waals surface area contributed by atoms with Crippen LogP contribution < -0.4 is 4.31 Å². The molecule has 0 unspecified atom stereocenters. The molecule has 0 amide bonds. The van der Waals surface area contributed by atoms with E-state index in [1.807, 2.05) is 0 Å². The molecule has 0 bridgehead atoms. The zero-order valence-corrected chi connectivity index (χ0v) is 17.9. The lowest BCUT2D eigenvalue weighted by Gasteiger charge is -2.25. The minimum absolute atomic E-state index is 0.0622. The van der Waals surface area contributed by atoms with Crippen molar-refractivity contribution in [2.75, 3.05) is 10.8 Å². The number of carboxylic acids is 1. The van der Waals surface area contributed by atoms with Crippen molar-refractivity contribution < 1.29 is 32.2 Å². The van der Waals surface area contributed by atoms with Crippen molar-refractivity contribution in [3.8, 4) is 16.9 Å². The van der Waals surface area contributed by atoms with Crippen molar-refractivity contribution in [3.05, 3.63) is 89.5 Å². The summed E-state index contributed by atoms with van der Waals surface area (Å²) >= 11 is 5.81. The summed E-state index contributed by atoms with van der Waals surface area (Å²) in [5.74, 6) is -4.49. The lowest BCUT2D eigenvalue weighted by Crippen LogP contribution is -2.32. The van der Waals surface area contributed by atoms with E-state index < -0.39 is 61.1 Å².